The van der Waals surface area contributed by atoms with Gasteiger partial charge in [-0.3, -0.25) is 4.90 Å². The van der Waals surface area contributed by atoms with Crippen molar-refractivity contribution in [2.75, 3.05) is 14.1 Å². The Kier molecular flexibility index (Phi) is 5.04. The fourth-order valence-electron chi connectivity index (χ4n) is 2.86. The van der Waals surface area contributed by atoms with Crippen molar-refractivity contribution < 1.29 is 0 Å². The Balaban J connectivity index is 1.87. The molecule has 0 radical (unpaired) electrons. The molecule has 1 fully saturated rings. The van der Waals surface area contributed by atoms with Crippen molar-refractivity contribution in [2.45, 2.75) is 44.3 Å². The lowest BCUT2D eigenvalue weighted by Gasteiger charge is -2.34. The van der Waals surface area contributed by atoms with E-state index in [-0.39, 0.29) is 0 Å². The minimum Gasteiger partial charge on any atom is -0.317 e. The Hall–Kier alpha value is -0.570. The van der Waals surface area contributed by atoms with Gasteiger partial charge in [-0.05, 0) is 57.5 Å². The van der Waals surface area contributed by atoms with E-state index >= 15 is 0 Å². The van der Waals surface area contributed by atoms with Crippen LogP contribution in [0.2, 0.25) is 5.02 Å². The standard InChI is InChI=1S/C15H23ClN2/c1-17-14-6-8-15(9-7-14)18(2)11-12-4-3-5-13(16)10-12/h3-5,10,14-15,17H,6-9,11H2,1-2H3. The number of rotatable bonds is 4. The van der Waals surface area contributed by atoms with Gasteiger partial charge in [-0.2, -0.15) is 0 Å². The molecule has 1 aliphatic carbocycles. The van der Waals surface area contributed by atoms with Crippen LogP contribution in [0.5, 0.6) is 0 Å². The van der Waals surface area contributed by atoms with E-state index in [0.717, 1.165) is 17.6 Å². The molecule has 0 saturated heterocycles. The Morgan fingerprint density at radius 2 is 2.00 bits per heavy atom. The van der Waals surface area contributed by atoms with Crippen molar-refractivity contribution in [3.05, 3.63) is 34.9 Å². The number of hydrogen-bond acceptors (Lipinski definition) is 2. The predicted molar refractivity (Wildman–Crippen MR) is 78.0 cm³/mol. The largest absolute Gasteiger partial charge is 0.317 e. The molecule has 0 amide bonds. The van der Waals surface area contributed by atoms with Crippen LogP contribution in [0.25, 0.3) is 0 Å². The van der Waals surface area contributed by atoms with Crippen LogP contribution < -0.4 is 5.32 Å². The molecule has 18 heavy (non-hydrogen) atoms. The lowest BCUT2D eigenvalue weighted by atomic mass is 9.90. The third-order valence-corrected chi connectivity index (χ3v) is 4.28. The number of halogens is 1. The van der Waals surface area contributed by atoms with Crippen molar-refractivity contribution in [3.63, 3.8) is 0 Å². The van der Waals surface area contributed by atoms with Gasteiger partial charge in [0.05, 0.1) is 0 Å². The van der Waals surface area contributed by atoms with Crippen molar-refractivity contribution in [1.29, 1.82) is 0 Å². The zero-order chi connectivity index (χ0) is 13.0. The quantitative estimate of drug-likeness (QED) is 0.900. The van der Waals surface area contributed by atoms with E-state index in [1.54, 1.807) is 0 Å². The Bertz CT molecular complexity index is 373. The highest BCUT2D eigenvalue weighted by molar-refractivity contribution is 6.30. The summed E-state index contributed by atoms with van der Waals surface area (Å²) in [5, 5.41) is 4.22. The first-order chi connectivity index (χ1) is 8.69. The molecule has 0 spiro atoms. The fourth-order valence-corrected chi connectivity index (χ4v) is 3.07. The Morgan fingerprint density at radius 1 is 1.28 bits per heavy atom. The number of nitrogens with one attached hydrogen (secondary N) is 1. The van der Waals surface area contributed by atoms with Gasteiger partial charge >= 0.3 is 0 Å². The number of benzene rings is 1. The van der Waals surface area contributed by atoms with Gasteiger partial charge in [0.15, 0.2) is 0 Å². The van der Waals surface area contributed by atoms with E-state index in [1.165, 1.54) is 31.2 Å². The van der Waals surface area contributed by atoms with Gasteiger partial charge in [-0.1, -0.05) is 23.7 Å². The molecule has 0 unspecified atom stereocenters. The fraction of sp³-hybridized carbons (Fsp3) is 0.600. The van der Waals surface area contributed by atoms with E-state index in [2.05, 4.69) is 36.4 Å². The summed E-state index contributed by atoms with van der Waals surface area (Å²) in [6, 6.07) is 9.63. The summed E-state index contributed by atoms with van der Waals surface area (Å²) in [6.07, 6.45) is 5.17. The third-order valence-electron chi connectivity index (χ3n) is 4.05. The molecule has 0 atom stereocenters. The van der Waals surface area contributed by atoms with Crippen LogP contribution in [0.4, 0.5) is 0 Å². The van der Waals surface area contributed by atoms with Crippen LogP contribution in [-0.4, -0.2) is 31.1 Å². The average molecular weight is 267 g/mol. The Labute approximate surface area is 115 Å². The molecule has 3 heteroatoms. The monoisotopic (exact) mass is 266 g/mol. The summed E-state index contributed by atoms with van der Waals surface area (Å²) in [6.45, 7) is 0.995. The molecule has 2 rings (SSSR count). The summed E-state index contributed by atoms with van der Waals surface area (Å²) in [5.74, 6) is 0. The molecule has 2 nitrogen and oxygen atoms in total. The zero-order valence-electron chi connectivity index (χ0n) is 11.3. The lowest BCUT2D eigenvalue weighted by Crippen LogP contribution is -2.39. The van der Waals surface area contributed by atoms with Gasteiger partial charge in [0.1, 0.15) is 0 Å². The van der Waals surface area contributed by atoms with Crippen LogP contribution >= 0.6 is 11.6 Å². The van der Waals surface area contributed by atoms with Crippen LogP contribution in [0.1, 0.15) is 31.2 Å². The summed E-state index contributed by atoms with van der Waals surface area (Å²) >= 11 is 6.03. The van der Waals surface area contributed by atoms with Gasteiger partial charge in [-0.25, -0.2) is 0 Å². The topological polar surface area (TPSA) is 15.3 Å². The SMILES string of the molecule is CNC1CCC(N(C)Cc2cccc(Cl)c2)CC1. The predicted octanol–water partition coefficient (Wildman–Crippen LogP) is 3.30. The van der Waals surface area contributed by atoms with Crippen LogP contribution in [-0.2, 0) is 6.54 Å². The minimum absolute atomic E-state index is 0.716. The second kappa shape index (κ2) is 6.55. The molecule has 1 aromatic carbocycles. The van der Waals surface area contributed by atoms with E-state index in [9.17, 15) is 0 Å². The maximum Gasteiger partial charge on any atom is 0.0409 e. The first-order valence-electron chi connectivity index (χ1n) is 6.81. The molecular weight excluding hydrogens is 244 g/mol. The zero-order valence-corrected chi connectivity index (χ0v) is 12.1. The van der Waals surface area contributed by atoms with Crippen molar-refractivity contribution in [2.24, 2.45) is 0 Å². The van der Waals surface area contributed by atoms with E-state index in [4.69, 9.17) is 11.6 Å². The van der Waals surface area contributed by atoms with Gasteiger partial charge in [0.2, 0.25) is 0 Å². The first-order valence-corrected chi connectivity index (χ1v) is 7.19. The highest BCUT2D eigenvalue weighted by Gasteiger charge is 2.22. The second-order valence-corrected chi connectivity index (χ2v) is 5.78. The first kappa shape index (κ1) is 13.9. The highest BCUT2D eigenvalue weighted by Crippen LogP contribution is 2.23. The van der Waals surface area contributed by atoms with E-state index in [1.807, 2.05) is 12.1 Å². The third kappa shape index (κ3) is 3.71. The molecule has 1 saturated carbocycles. The van der Waals surface area contributed by atoms with E-state index in [0.29, 0.717) is 6.04 Å². The maximum atomic E-state index is 6.03. The number of nitrogens with zero attached hydrogens (tertiary/aromatic N) is 1. The average Bonchev–Trinajstić information content (AvgIpc) is 2.39. The summed E-state index contributed by atoms with van der Waals surface area (Å²) in [5.41, 5.74) is 1.31. The summed E-state index contributed by atoms with van der Waals surface area (Å²) in [4.78, 5) is 2.47. The number of hydrogen-bond donors (Lipinski definition) is 1. The van der Waals surface area contributed by atoms with Crippen molar-refractivity contribution in [3.8, 4) is 0 Å². The lowest BCUT2D eigenvalue weighted by molar-refractivity contribution is 0.170. The Morgan fingerprint density at radius 3 is 2.61 bits per heavy atom. The summed E-state index contributed by atoms with van der Waals surface area (Å²) in [7, 11) is 4.30. The van der Waals surface area contributed by atoms with Gasteiger partial charge in [-0.15, -0.1) is 0 Å². The molecule has 1 aliphatic rings. The van der Waals surface area contributed by atoms with Crippen LogP contribution in [0.15, 0.2) is 24.3 Å². The molecule has 0 bridgehead atoms. The van der Waals surface area contributed by atoms with Gasteiger partial charge in [0.25, 0.3) is 0 Å². The van der Waals surface area contributed by atoms with Crippen molar-refractivity contribution in [1.82, 2.24) is 10.2 Å². The van der Waals surface area contributed by atoms with Crippen molar-refractivity contribution >= 4 is 11.6 Å². The minimum atomic E-state index is 0.716. The van der Waals surface area contributed by atoms with Crippen LogP contribution in [0.3, 0.4) is 0 Å². The maximum absolute atomic E-state index is 6.03. The molecule has 100 valence electrons. The van der Waals surface area contributed by atoms with E-state index < -0.39 is 0 Å². The highest BCUT2D eigenvalue weighted by atomic mass is 35.5. The second-order valence-electron chi connectivity index (χ2n) is 5.34. The molecule has 0 heterocycles. The smallest absolute Gasteiger partial charge is 0.0409 e. The van der Waals surface area contributed by atoms with Crippen LogP contribution in [0, 0.1) is 0 Å². The summed E-state index contributed by atoms with van der Waals surface area (Å²) < 4.78 is 0. The van der Waals surface area contributed by atoms with Gasteiger partial charge in [0, 0.05) is 23.7 Å². The normalized spacial score (nSPS) is 24.4. The van der Waals surface area contributed by atoms with Gasteiger partial charge < -0.3 is 5.32 Å². The molecular formula is C15H23ClN2. The molecule has 0 aromatic heterocycles. The molecule has 0 aliphatic heterocycles. The molecule has 1 aromatic rings. The molecule has 1 N–H and O–H groups in total.